The Balaban J connectivity index is 2.42. The SMILES string of the molecule is CCCC1(CCC)CN(CC(C)(C)C#N)C1. The van der Waals surface area contributed by atoms with Gasteiger partial charge in [-0.05, 0) is 32.1 Å². The minimum Gasteiger partial charge on any atom is -0.301 e. The number of nitrogens with zero attached hydrogens (tertiary/aromatic N) is 2. The van der Waals surface area contributed by atoms with Crippen LogP contribution in [0.25, 0.3) is 0 Å². The lowest BCUT2D eigenvalue weighted by atomic mass is 9.72. The molecule has 0 radical (unpaired) electrons. The van der Waals surface area contributed by atoms with E-state index in [0.717, 1.165) is 6.54 Å². The first-order valence-corrected chi connectivity index (χ1v) is 6.60. The van der Waals surface area contributed by atoms with Crippen LogP contribution in [0.1, 0.15) is 53.4 Å². The predicted molar refractivity (Wildman–Crippen MR) is 68.1 cm³/mol. The second kappa shape index (κ2) is 5.19. The van der Waals surface area contributed by atoms with Crippen molar-refractivity contribution < 1.29 is 0 Å². The van der Waals surface area contributed by atoms with Crippen LogP contribution < -0.4 is 0 Å². The molecule has 0 N–H and O–H groups in total. The van der Waals surface area contributed by atoms with E-state index in [1.807, 2.05) is 13.8 Å². The van der Waals surface area contributed by atoms with Gasteiger partial charge in [0.2, 0.25) is 0 Å². The molecule has 0 aromatic carbocycles. The molecule has 1 fully saturated rings. The van der Waals surface area contributed by atoms with Gasteiger partial charge in [0.15, 0.2) is 0 Å². The number of rotatable bonds is 6. The number of hydrogen-bond acceptors (Lipinski definition) is 2. The van der Waals surface area contributed by atoms with E-state index in [0.29, 0.717) is 5.41 Å². The fraction of sp³-hybridized carbons (Fsp3) is 0.929. The summed E-state index contributed by atoms with van der Waals surface area (Å²) in [6.45, 7) is 12.0. The Hall–Kier alpha value is -0.550. The molecule has 1 heterocycles. The van der Waals surface area contributed by atoms with Crippen molar-refractivity contribution in [3.8, 4) is 6.07 Å². The molecule has 1 aliphatic rings. The standard InChI is InChI=1S/C14H26N2/c1-5-7-14(8-6-2)11-16(12-14)10-13(3,4)9-15/h5-8,10-12H2,1-4H3. The first kappa shape index (κ1) is 13.5. The lowest BCUT2D eigenvalue weighted by Gasteiger charge is -2.52. The number of likely N-dealkylation sites (tertiary alicyclic amines) is 1. The van der Waals surface area contributed by atoms with Crippen LogP contribution in [-0.2, 0) is 0 Å². The van der Waals surface area contributed by atoms with Crippen molar-refractivity contribution in [2.24, 2.45) is 10.8 Å². The molecule has 0 aliphatic carbocycles. The molecule has 16 heavy (non-hydrogen) atoms. The van der Waals surface area contributed by atoms with E-state index in [1.165, 1.54) is 38.8 Å². The van der Waals surface area contributed by atoms with Gasteiger partial charge in [0.25, 0.3) is 0 Å². The zero-order valence-electron chi connectivity index (χ0n) is 11.3. The Kier molecular flexibility index (Phi) is 4.38. The molecule has 0 aromatic rings. The van der Waals surface area contributed by atoms with Crippen molar-refractivity contribution in [3.63, 3.8) is 0 Å². The second-order valence-corrected chi connectivity index (χ2v) is 6.14. The van der Waals surface area contributed by atoms with E-state index in [-0.39, 0.29) is 5.41 Å². The molecule has 2 nitrogen and oxygen atoms in total. The zero-order chi connectivity index (χ0) is 12.2. The van der Waals surface area contributed by atoms with Crippen LogP contribution in [0.5, 0.6) is 0 Å². The normalized spacial score (nSPS) is 20.2. The Morgan fingerprint density at radius 1 is 1.19 bits per heavy atom. The van der Waals surface area contributed by atoms with E-state index in [2.05, 4.69) is 24.8 Å². The van der Waals surface area contributed by atoms with Gasteiger partial charge >= 0.3 is 0 Å². The summed E-state index contributed by atoms with van der Waals surface area (Å²) in [7, 11) is 0. The first-order chi connectivity index (χ1) is 7.47. The molecule has 0 atom stereocenters. The molecule has 0 saturated carbocycles. The van der Waals surface area contributed by atoms with Crippen molar-refractivity contribution in [2.45, 2.75) is 53.4 Å². The van der Waals surface area contributed by atoms with Crippen LogP contribution in [0.15, 0.2) is 0 Å². The van der Waals surface area contributed by atoms with Crippen LogP contribution >= 0.6 is 0 Å². The van der Waals surface area contributed by atoms with Gasteiger partial charge in [-0.15, -0.1) is 0 Å². The van der Waals surface area contributed by atoms with Crippen LogP contribution in [0, 0.1) is 22.2 Å². The third-order valence-corrected chi connectivity index (χ3v) is 3.60. The molecule has 1 saturated heterocycles. The number of hydrogen-bond donors (Lipinski definition) is 0. The summed E-state index contributed by atoms with van der Waals surface area (Å²) in [6.07, 6.45) is 5.28. The van der Waals surface area contributed by atoms with Crippen LogP contribution in [0.4, 0.5) is 0 Å². The topological polar surface area (TPSA) is 27.0 Å². The quantitative estimate of drug-likeness (QED) is 0.688. The van der Waals surface area contributed by atoms with Crippen LogP contribution in [0.3, 0.4) is 0 Å². The van der Waals surface area contributed by atoms with Gasteiger partial charge in [-0.25, -0.2) is 0 Å². The molecular weight excluding hydrogens is 196 g/mol. The molecule has 2 heteroatoms. The molecule has 1 aliphatic heterocycles. The molecular formula is C14H26N2. The lowest BCUT2D eigenvalue weighted by Crippen LogP contribution is -2.58. The van der Waals surface area contributed by atoms with Gasteiger partial charge in [-0.3, -0.25) is 0 Å². The van der Waals surface area contributed by atoms with Gasteiger partial charge in [0, 0.05) is 19.6 Å². The summed E-state index contributed by atoms with van der Waals surface area (Å²) in [5, 5.41) is 9.02. The van der Waals surface area contributed by atoms with Crippen molar-refractivity contribution in [2.75, 3.05) is 19.6 Å². The average Bonchev–Trinajstić information content (AvgIpc) is 2.16. The lowest BCUT2D eigenvalue weighted by molar-refractivity contribution is -0.0279. The van der Waals surface area contributed by atoms with Crippen LogP contribution in [0.2, 0.25) is 0 Å². The van der Waals surface area contributed by atoms with Crippen molar-refractivity contribution >= 4 is 0 Å². The van der Waals surface area contributed by atoms with Gasteiger partial charge in [0.05, 0.1) is 11.5 Å². The van der Waals surface area contributed by atoms with Crippen LogP contribution in [-0.4, -0.2) is 24.5 Å². The predicted octanol–water partition coefficient (Wildman–Crippen LogP) is 3.44. The van der Waals surface area contributed by atoms with E-state index >= 15 is 0 Å². The molecule has 92 valence electrons. The summed E-state index contributed by atoms with van der Waals surface area (Å²) < 4.78 is 0. The minimum absolute atomic E-state index is 0.190. The summed E-state index contributed by atoms with van der Waals surface area (Å²) in [5.41, 5.74) is 0.389. The molecule has 0 unspecified atom stereocenters. The molecule has 0 spiro atoms. The third-order valence-electron chi connectivity index (χ3n) is 3.60. The molecule has 0 bridgehead atoms. The van der Waals surface area contributed by atoms with Gasteiger partial charge in [0.1, 0.15) is 0 Å². The number of nitriles is 1. The maximum Gasteiger partial charge on any atom is 0.0697 e. The highest BCUT2D eigenvalue weighted by atomic mass is 15.2. The van der Waals surface area contributed by atoms with E-state index < -0.39 is 0 Å². The van der Waals surface area contributed by atoms with Gasteiger partial charge < -0.3 is 4.90 Å². The monoisotopic (exact) mass is 222 g/mol. The van der Waals surface area contributed by atoms with Gasteiger partial charge in [-0.2, -0.15) is 5.26 Å². The summed E-state index contributed by atoms with van der Waals surface area (Å²) >= 11 is 0. The third kappa shape index (κ3) is 3.22. The van der Waals surface area contributed by atoms with Crippen molar-refractivity contribution in [1.29, 1.82) is 5.26 Å². The fourth-order valence-electron chi connectivity index (χ4n) is 3.11. The minimum atomic E-state index is -0.190. The second-order valence-electron chi connectivity index (χ2n) is 6.14. The molecule has 0 aromatic heterocycles. The highest BCUT2D eigenvalue weighted by Crippen LogP contribution is 2.40. The smallest absolute Gasteiger partial charge is 0.0697 e. The largest absolute Gasteiger partial charge is 0.301 e. The fourth-order valence-corrected chi connectivity index (χ4v) is 3.11. The van der Waals surface area contributed by atoms with Crippen molar-refractivity contribution in [3.05, 3.63) is 0 Å². The highest BCUT2D eigenvalue weighted by molar-refractivity contribution is 5.00. The summed E-state index contributed by atoms with van der Waals surface area (Å²) in [5.74, 6) is 0. The Labute approximate surface area is 101 Å². The van der Waals surface area contributed by atoms with Crippen molar-refractivity contribution in [1.82, 2.24) is 4.90 Å². The van der Waals surface area contributed by atoms with E-state index in [4.69, 9.17) is 5.26 Å². The van der Waals surface area contributed by atoms with E-state index in [1.54, 1.807) is 0 Å². The van der Waals surface area contributed by atoms with E-state index in [9.17, 15) is 0 Å². The van der Waals surface area contributed by atoms with Gasteiger partial charge in [-0.1, -0.05) is 26.7 Å². The Morgan fingerprint density at radius 2 is 1.69 bits per heavy atom. The first-order valence-electron chi connectivity index (χ1n) is 6.60. The Morgan fingerprint density at radius 3 is 2.06 bits per heavy atom. The maximum atomic E-state index is 9.02. The summed E-state index contributed by atoms with van der Waals surface area (Å²) in [4.78, 5) is 2.45. The Bertz CT molecular complexity index is 248. The highest BCUT2D eigenvalue weighted by Gasteiger charge is 2.42. The molecule has 0 amide bonds. The maximum absolute atomic E-state index is 9.02. The average molecular weight is 222 g/mol. The molecule has 1 rings (SSSR count). The summed E-state index contributed by atoms with van der Waals surface area (Å²) in [6, 6.07) is 2.39. The zero-order valence-corrected chi connectivity index (χ0v) is 11.3.